The van der Waals surface area contributed by atoms with Gasteiger partial charge in [-0.15, -0.1) is 12.6 Å². The van der Waals surface area contributed by atoms with Gasteiger partial charge in [0.05, 0.1) is 6.54 Å². The second-order valence-corrected chi connectivity index (χ2v) is 6.66. The zero-order valence-corrected chi connectivity index (χ0v) is 14.9. The molecule has 0 unspecified atom stereocenters. The van der Waals surface area contributed by atoms with Gasteiger partial charge in [-0.1, -0.05) is 24.3 Å². The smallest absolute Gasteiger partial charge is 0.190 e. The maximum Gasteiger partial charge on any atom is 0.190 e. The lowest BCUT2D eigenvalue weighted by atomic mass is 10.1. The number of Topliss-reactive ketones (excluding diaryl/α,β-unsaturated/α-hetero) is 1. The first-order chi connectivity index (χ1) is 12.1. The minimum absolute atomic E-state index is 0.112. The van der Waals surface area contributed by atoms with E-state index in [0.29, 0.717) is 12.1 Å². The predicted octanol–water partition coefficient (Wildman–Crippen LogP) is 2.09. The van der Waals surface area contributed by atoms with E-state index in [0.717, 1.165) is 31.7 Å². The number of hydrogen-bond donors (Lipinski definition) is 1. The number of benzene rings is 1. The summed E-state index contributed by atoms with van der Waals surface area (Å²) in [5.74, 6) is 0.112. The van der Waals surface area contributed by atoms with Crippen LogP contribution >= 0.6 is 12.6 Å². The predicted molar refractivity (Wildman–Crippen MR) is 101 cm³/mol. The van der Waals surface area contributed by atoms with Crippen LogP contribution in [0.5, 0.6) is 0 Å². The quantitative estimate of drug-likeness (QED) is 0.635. The van der Waals surface area contributed by atoms with Crippen LogP contribution in [0.15, 0.2) is 48.8 Å². The number of nitrogens with zero attached hydrogens (tertiary/aromatic N) is 3. The first kappa shape index (κ1) is 17.6. The molecule has 2 heterocycles. The number of carbonyl (C=O) groups excluding carboxylic acids is 2. The number of anilines is 1. The Kier molecular flexibility index (Phi) is 5.83. The second-order valence-electron chi connectivity index (χ2n) is 6.16. The number of pyridine rings is 1. The molecule has 0 atom stereocenters. The molecule has 0 bridgehead atoms. The summed E-state index contributed by atoms with van der Waals surface area (Å²) in [6.45, 7) is 3.95. The highest BCUT2D eigenvalue weighted by Crippen LogP contribution is 2.15. The third-order valence-corrected chi connectivity index (χ3v) is 4.56. The average molecular weight is 355 g/mol. The van der Waals surface area contributed by atoms with Gasteiger partial charge in [0.15, 0.2) is 10.9 Å². The molecule has 0 aliphatic carbocycles. The topological polar surface area (TPSA) is 53.5 Å². The van der Waals surface area contributed by atoms with Crippen molar-refractivity contribution in [1.29, 1.82) is 0 Å². The number of thiol groups is 1. The third-order valence-electron chi connectivity index (χ3n) is 4.40. The van der Waals surface area contributed by atoms with Gasteiger partial charge in [-0.2, -0.15) is 0 Å². The molecule has 0 amide bonds. The van der Waals surface area contributed by atoms with E-state index in [4.69, 9.17) is 0 Å². The van der Waals surface area contributed by atoms with Gasteiger partial charge in [0, 0.05) is 56.2 Å². The Morgan fingerprint density at radius 3 is 2.20 bits per heavy atom. The van der Waals surface area contributed by atoms with Gasteiger partial charge in [0.1, 0.15) is 0 Å². The normalized spacial score (nSPS) is 15.2. The number of carbonyl (C=O) groups is 2. The van der Waals surface area contributed by atoms with Crippen LogP contribution in [-0.4, -0.2) is 53.5 Å². The van der Waals surface area contributed by atoms with E-state index in [-0.39, 0.29) is 17.3 Å². The minimum Gasteiger partial charge on any atom is -0.369 e. The molecule has 1 saturated heterocycles. The molecular weight excluding hydrogens is 334 g/mol. The standard InChI is InChI=1S/C19H21N3O2S/c23-18(16-3-1-15(2-4-16)13-19(24)25)14-21-9-11-22(12-10-21)17-5-7-20-8-6-17/h1-8H,9-14H2,(H,24,25). The highest BCUT2D eigenvalue weighted by Gasteiger charge is 2.19. The summed E-state index contributed by atoms with van der Waals surface area (Å²) in [5.41, 5.74) is 2.74. The van der Waals surface area contributed by atoms with Gasteiger partial charge in [-0.05, 0) is 17.7 Å². The number of aromatic nitrogens is 1. The van der Waals surface area contributed by atoms with Crippen LogP contribution in [0.2, 0.25) is 0 Å². The highest BCUT2D eigenvalue weighted by atomic mass is 32.1. The highest BCUT2D eigenvalue weighted by molar-refractivity contribution is 7.96. The molecule has 1 aliphatic rings. The molecular formula is C19H21N3O2S. The summed E-state index contributed by atoms with van der Waals surface area (Å²) in [5, 5.41) is -0.175. The molecule has 0 spiro atoms. The Balaban J connectivity index is 1.51. The number of piperazine rings is 1. The average Bonchev–Trinajstić information content (AvgIpc) is 2.63. The fourth-order valence-electron chi connectivity index (χ4n) is 3.00. The van der Waals surface area contributed by atoms with E-state index in [1.165, 1.54) is 5.69 Å². The molecule has 1 aromatic heterocycles. The lowest BCUT2D eigenvalue weighted by Crippen LogP contribution is -2.48. The van der Waals surface area contributed by atoms with Gasteiger partial charge in [-0.25, -0.2) is 0 Å². The van der Waals surface area contributed by atoms with Crippen LogP contribution in [0.4, 0.5) is 5.69 Å². The molecule has 0 saturated carbocycles. The van der Waals surface area contributed by atoms with Gasteiger partial charge in [-0.3, -0.25) is 19.5 Å². The molecule has 5 nitrogen and oxygen atoms in total. The van der Waals surface area contributed by atoms with Gasteiger partial charge in [0.25, 0.3) is 0 Å². The fourth-order valence-corrected chi connectivity index (χ4v) is 3.18. The van der Waals surface area contributed by atoms with Gasteiger partial charge in [0.2, 0.25) is 0 Å². The molecule has 25 heavy (non-hydrogen) atoms. The maximum absolute atomic E-state index is 12.5. The Morgan fingerprint density at radius 1 is 0.960 bits per heavy atom. The summed E-state index contributed by atoms with van der Waals surface area (Å²) in [4.78, 5) is 32.0. The van der Waals surface area contributed by atoms with Crippen LogP contribution in [0.1, 0.15) is 15.9 Å². The van der Waals surface area contributed by atoms with Crippen LogP contribution in [0.3, 0.4) is 0 Å². The minimum atomic E-state index is -0.175. The van der Waals surface area contributed by atoms with Gasteiger partial charge >= 0.3 is 0 Å². The first-order valence-electron chi connectivity index (χ1n) is 8.33. The summed E-state index contributed by atoms with van der Waals surface area (Å²) in [7, 11) is 0. The van der Waals surface area contributed by atoms with E-state index in [2.05, 4.69) is 27.4 Å². The summed E-state index contributed by atoms with van der Waals surface area (Å²) in [6.07, 6.45) is 3.89. The van der Waals surface area contributed by atoms with E-state index >= 15 is 0 Å². The molecule has 1 aromatic carbocycles. The van der Waals surface area contributed by atoms with Crippen molar-refractivity contribution in [3.63, 3.8) is 0 Å². The Labute approximate surface area is 153 Å². The van der Waals surface area contributed by atoms with Crippen LogP contribution < -0.4 is 4.90 Å². The van der Waals surface area contributed by atoms with Gasteiger partial charge < -0.3 is 4.90 Å². The molecule has 130 valence electrons. The molecule has 2 aromatic rings. The summed E-state index contributed by atoms with van der Waals surface area (Å²) < 4.78 is 0. The van der Waals surface area contributed by atoms with Crippen molar-refractivity contribution in [2.45, 2.75) is 6.42 Å². The zero-order chi connectivity index (χ0) is 17.6. The summed E-state index contributed by atoms with van der Waals surface area (Å²) in [6, 6.07) is 11.3. The van der Waals surface area contributed by atoms with Crippen molar-refractivity contribution in [2.24, 2.45) is 0 Å². The lowest BCUT2D eigenvalue weighted by Gasteiger charge is -2.35. The Bertz CT molecular complexity index is 726. The zero-order valence-electron chi connectivity index (χ0n) is 14.0. The molecule has 0 N–H and O–H groups in total. The van der Waals surface area contributed by atoms with Crippen molar-refractivity contribution in [1.82, 2.24) is 9.88 Å². The Hall–Kier alpha value is -2.18. The first-order valence-corrected chi connectivity index (χ1v) is 8.78. The van der Waals surface area contributed by atoms with Crippen molar-refractivity contribution >= 4 is 29.2 Å². The van der Waals surface area contributed by atoms with Crippen LogP contribution in [0, 0.1) is 0 Å². The number of rotatable bonds is 6. The maximum atomic E-state index is 12.5. The van der Waals surface area contributed by atoms with Crippen molar-refractivity contribution in [3.05, 3.63) is 59.9 Å². The lowest BCUT2D eigenvalue weighted by molar-refractivity contribution is -0.110. The van der Waals surface area contributed by atoms with Crippen LogP contribution in [-0.2, 0) is 11.2 Å². The Morgan fingerprint density at radius 2 is 1.60 bits per heavy atom. The third kappa shape index (κ3) is 4.90. The monoisotopic (exact) mass is 355 g/mol. The van der Waals surface area contributed by atoms with Crippen molar-refractivity contribution in [3.8, 4) is 0 Å². The largest absolute Gasteiger partial charge is 0.369 e. The van der Waals surface area contributed by atoms with E-state index in [9.17, 15) is 9.59 Å². The van der Waals surface area contributed by atoms with E-state index in [1.807, 2.05) is 24.3 Å². The molecule has 0 radical (unpaired) electrons. The summed E-state index contributed by atoms with van der Waals surface area (Å²) >= 11 is 3.78. The molecule has 6 heteroatoms. The second kappa shape index (κ2) is 8.27. The number of hydrogen-bond acceptors (Lipinski definition) is 5. The van der Waals surface area contributed by atoms with E-state index < -0.39 is 0 Å². The fraction of sp³-hybridized carbons (Fsp3) is 0.316. The number of ketones is 1. The van der Waals surface area contributed by atoms with Crippen molar-refractivity contribution < 1.29 is 9.59 Å². The molecule has 3 rings (SSSR count). The van der Waals surface area contributed by atoms with E-state index in [1.54, 1.807) is 24.5 Å². The van der Waals surface area contributed by atoms with Crippen molar-refractivity contribution in [2.75, 3.05) is 37.6 Å². The molecule has 1 fully saturated rings. The SMILES string of the molecule is O=C(S)Cc1ccc(C(=O)CN2CCN(c3ccncc3)CC2)cc1. The molecule has 1 aliphatic heterocycles. The van der Waals surface area contributed by atoms with Crippen LogP contribution in [0.25, 0.3) is 0 Å².